The number of aliphatic carboxylic acids is 1. The van der Waals surface area contributed by atoms with Crippen molar-refractivity contribution in [1.82, 2.24) is 56.3 Å². The first-order valence-electron chi connectivity index (χ1n) is 43.4. The van der Waals surface area contributed by atoms with Crippen LogP contribution < -0.4 is 36.1 Å². The van der Waals surface area contributed by atoms with Crippen LogP contribution in [0.2, 0.25) is 0 Å². The molecule has 13 atom stereocenters. The molecule has 0 bridgehead atoms. The Kier molecular flexibility index (Phi) is 27.5. The lowest BCUT2D eigenvalue weighted by Crippen LogP contribution is -2.51. The summed E-state index contributed by atoms with van der Waals surface area (Å²) in [7, 11) is 8.56. The van der Waals surface area contributed by atoms with Crippen LogP contribution in [0.5, 0.6) is 11.5 Å². The number of nitrogens with zero attached hydrogens (tertiary/aromatic N) is 6. The molecule has 16 rings (SSSR count). The average molecular weight is 1710 g/mol. The Labute approximate surface area is 728 Å². The molecule has 0 spiro atoms. The van der Waals surface area contributed by atoms with E-state index >= 15 is 0 Å². The highest BCUT2D eigenvalue weighted by Crippen LogP contribution is 2.50. The van der Waals surface area contributed by atoms with Gasteiger partial charge in [-0.15, -0.1) is 0 Å². The molecule has 9 heterocycles. The minimum Gasteiger partial charge on any atom is -0.488 e. The number of H-pyrrole nitrogens is 2. The highest BCUT2D eigenvalue weighted by molar-refractivity contribution is 6.08. The molecule has 664 valence electrons. The Bertz CT molecular complexity index is 5480. The first-order chi connectivity index (χ1) is 60.0. The van der Waals surface area contributed by atoms with Crippen LogP contribution in [0.15, 0.2) is 107 Å². The fraction of sp³-hybridized carbons (Fsp3) is 0.495. The minimum atomic E-state index is -1.06. The predicted molar refractivity (Wildman–Crippen MR) is 473 cm³/mol. The van der Waals surface area contributed by atoms with E-state index in [0.717, 1.165) is 152 Å². The molecular weight excluding hydrogens is 1600 g/mol. The number of fused-ring (bicyclic) bond motifs is 12. The minimum absolute atomic E-state index is 0.0167. The van der Waals surface area contributed by atoms with Crippen molar-refractivity contribution in [2.45, 2.75) is 170 Å². The number of likely N-dealkylation sites (tertiary alicyclic amines) is 2. The summed E-state index contributed by atoms with van der Waals surface area (Å²) >= 11 is 0. The Hall–Kier alpha value is -11.8. The Balaban J connectivity index is 0.000000182. The van der Waals surface area contributed by atoms with E-state index in [-0.39, 0.29) is 77.0 Å². The van der Waals surface area contributed by atoms with Gasteiger partial charge in [-0.3, -0.25) is 24.4 Å². The number of alkyl carbamates (subject to hydrolysis) is 4. The summed E-state index contributed by atoms with van der Waals surface area (Å²) in [6, 6.07) is 27.0. The Morgan fingerprint density at radius 3 is 1.37 bits per heavy atom. The molecule has 8 aromatic rings. The second-order valence-electron chi connectivity index (χ2n) is 35.9. The summed E-state index contributed by atoms with van der Waals surface area (Å²) in [5, 5.41) is 27.3. The van der Waals surface area contributed by atoms with Gasteiger partial charge in [-0.1, -0.05) is 106 Å². The number of carbonyl (C=O) groups is 8. The number of aromatic nitrogens is 4. The molecule has 1 aliphatic carbocycles. The number of methoxy groups -OCH3 is 6. The number of carbonyl (C=O) groups excluding carboxylic acids is 7. The topological polar surface area (TPSA) is 379 Å². The number of benzene rings is 6. The van der Waals surface area contributed by atoms with Gasteiger partial charge < -0.3 is 89.4 Å². The third-order valence-corrected chi connectivity index (χ3v) is 25.7. The molecule has 0 radical (unpaired) electrons. The van der Waals surface area contributed by atoms with Crippen LogP contribution in [-0.2, 0) is 73.7 Å². The smallest absolute Gasteiger partial charge is 0.407 e. The summed E-state index contributed by atoms with van der Waals surface area (Å²) in [6.07, 6.45) is 6.65. The van der Waals surface area contributed by atoms with Crippen molar-refractivity contribution in [3.05, 3.63) is 131 Å². The van der Waals surface area contributed by atoms with Crippen LogP contribution in [0.3, 0.4) is 0 Å². The maximum atomic E-state index is 14.2. The van der Waals surface area contributed by atoms with Gasteiger partial charge in [0, 0.05) is 93.7 Å². The molecule has 30 nitrogen and oxygen atoms in total. The number of nitrogens with one attached hydrogen (secondary N) is 7. The zero-order valence-corrected chi connectivity index (χ0v) is 74.1. The van der Waals surface area contributed by atoms with E-state index in [4.69, 9.17) is 58.2 Å². The van der Waals surface area contributed by atoms with Crippen molar-refractivity contribution >= 4 is 92.3 Å². The number of hydrogen-bond acceptors (Lipinski definition) is 21. The number of ether oxygens (including phenoxy) is 8. The number of aliphatic imine (C=N–C) groups is 2. The molecule has 3 saturated heterocycles. The zero-order chi connectivity index (χ0) is 89.1. The summed E-state index contributed by atoms with van der Waals surface area (Å²) in [4.78, 5) is 130. The van der Waals surface area contributed by atoms with Gasteiger partial charge >= 0.3 is 30.3 Å². The highest BCUT2D eigenvalue weighted by atomic mass is 16.6. The van der Waals surface area contributed by atoms with Crippen LogP contribution in [0, 0.1) is 59.2 Å². The molecule has 8 N–H and O–H groups in total. The van der Waals surface area contributed by atoms with Crippen LogP contribution in [0.4, 0.5) is 30.6 Å². The maximum absolute atomic E-state index is 14.2. The fourth-order valence-electron chi connectivity index (χ4n) is 19.3. The largest absolute Gasteiger partial charge is 0.488 e. The molecule has 4 fully saturated rings. The molecule has 125 heavy (non-hydrogen) atoms. The summed E-state index contributed by atoms with van der Waals surface area (Å²) in [5.41, 5.74) is 16.8. The van der Waals surface area contributed by atoms with Gasteiger partial charge in [0.25, 0.3) is 0 Å². The summed E-state index contributed by atoms with van der Waals surface area (Å²) < 4.78 is 42.6. The normalized spacial score (nSPS) is 21.6. The fourth-order valence-corrected chi connectivity index (χ4v) is 19.3. The van der Waals surface area contributed by atoms with E-state index in [0.29, 0.717) is 69.5 Å². The van der Waals surface area contributed by atoms with E-state index in [9.17, 15) is 38.4 Å². The lowest BCUT2D eigenvalue weighted by molar-refractivity contribution is -0.140. The summed E-state index contributed by atoms with van der Waals surface area (Å²) in [5.74, 6) is 2.29. The van der Waals surface area contributed by atoms with Gasteiger partial charge in [0.2, 0.25) is 11.8 Å². The van der Waals surface area contributed by atoms with Gasteiger partial charge in [0.15, 0.2) is 5.78 Å². The number of Topliss-reactive ketones (excluding diaryl/α,β-unsaturated/α-hetero) is 1. The standard InChI is InChI=1S/C48H58N6O8.C40H46N6O5.C7H13NO4/c1-24(2)42(52-47(57)60-7)44(55)36-15-27(22-59-6)14-33(36)38-18-34-32-19-41-35(17-28(32)10-12-37(34)50-38)31-11-9-29(16-30(31)23-62-41)39-20-49-45(51-39)40-13-26(5)21-54(40)46(56)43(25(3)4)53-48(58)61-8;1-21(2)37(45-40(48)50-5)39(47)46-18-22(3)10-35(46)38-42-17-34(44-38)25-6-8-27-26(12-25)20-51-36-15-28-24(13-30(27)36)7-9-31-29(28)14-33(43-31)32-11-23(16-41-32)19-49-4;1-4(2)5(6(9)10)8-7(11)12-3/h9-12,16-17,19-20,24-27,33,36,40,42-43H,13-15,18,21-23H2,1-8H3,(H,49,51)(H,52,57)(H,53,58);6-9,12-13,15,17,21-23,32,35,37,41H,10-11,14,16,18-20H2,1-5H3,(H,42,44)(H,45,48);4-5H,1-3H3,(H,8,11)(H,9,10)/t26-,27-,33+,36?,40-,42-,43-;22-,23-,32-,35-,37-;5-/m000/s1. The monoisotopic (exact) mass is 1710 g/mol. The van der Waals surface area contributed by atoms with Crippen LogP contribution in [0.1, 0.15) is 147 Å². The van der Waals surface area contributed by atoms with Crippen molar-refractivity contribution < 1.29 is 81.4 Å². The molecule has 8 aliphatic rings. The van der Waals surface area contributed by atoms with Crippen LogP contribution in [-0.4, -0.2) is 200 Å². The number of amides is 6. The molecule has 6 aromatic carbocycles. The van der Waals surface area contributed by atoms with Crippen LogP contribution in [0.25, 0.3) is 66.3 Å². The van der Waals surface area contributed by atoms with Gasteiger partial charge in [-0.05, 0) is 194 Å². The molecule has 2 aromatic heterocycles. The van der Waals surface area contributed by atoms with Gasteiger partial charge in [-0.2, -0.15) is 0 Å². The number of aromatic amines is 2. The molecule has 6 amide bonds. The number of rotatable bonds is 23. The third-order valence-electron chi connectivity index (χ3n) is 25.7. The number of ketones is 1. The van der Waals surface area contributed by atoms with Crippen molar-refractivity contribution in [3.8, 4) is 56.3 Å². The maximum Gasteiger partial charge on any atom is 0.407 e. The van der Waals surface area contributed by atoms with Crippen molar-refractivity contribution in [3.63, 3.8) is 0 Å². The number of imidazole rings is 2. The van der Waals surface area contributed by atoms with E-state index in [1.54, 1.807) is 28.1 Å². The first kappa shape index (κ1) is 89.5. The lowest BCUT2D eigenvalue weighted by Gasteiger charge is -2.30. The lowest BCUT2D eigenvalue weighted by atomic mass is 9.81. The quantitative estimate of drug-likeness (QED) is 0.0276. The second-order valence-corrected chi connectivity index (χ2v) is 35.9. The highest BCUT2D eigenvalue weighted by Gasteiger charge is 2.47. The van der Waals surface area contributed by atoms with Gasteiger partial charge in [0.1, 0.15) is 54.5 Å². The van der Waals surface area contributed by atoms with E-state index < -0.39 is 54.5 Å². The van der Waals surface area contributed by atoms with E-state index in [1.807, 2.05) is 63.7 Å². The van der Waals surface area contributed by atoms with E-state index in [2.05, 4.69) is 140 Å². The number of carboxylic acids is 1. The van der Waals surface area contributed by atoms with Gasteiger partial charge in [-0.25, -0.2) is 33.9 Å². The Morgan fingerprint density at radius 1 is 0.496 bits per heavy atom. The SMILES string of the molecule is COC(=O)N[C@H](C(=O)O)C(C)C.COC[C@@H]1CC(C(=O)[C@@H](NC(=O)OC)C(C)C)[C@H](C2=Nc3ccc4cc5c(cc4c3C2)OCc2cc(-c3cnc([C@@H]4C[C@H](C)CN4C(=O)[C@@H](NC(=O)OC)C(C)C)[nH]3)ccc2-5)C1.COC[C@@H]1CN[C@H](C2=Nc3ccc4cc5c(cc4c3C2)OCc2cc(-c3cnc([C@@H]4C[C@H](C)CN4C(=O)[C@@H](NC(=O)OC)C(C)C)[nH]3)ccc2-5)C1. The van der Waals surface area contributed by atoms with Crippen molar-refractivity contribution in [2.75, 3.05) is 75.5 Å². The van der Waals surface area contributed by atoms with Crippen molar-refractivity contribution in [2.24, 2.45) is 69.2 Å². The first-order valence-corrected chi connectivity index (χ1v) is 43.4. The third kappa shape index (κ3) is 19.1. The number of carboxylic acid groups (broad SMARTS) is 1. The second kappa shape index (κ2) is 38.4. The van der Waals surface area contributed by atoms with E-state index in [1.165, 1.54) is 50.5 Å². The predicted octanol–water partition coefficient (Wildman–Crippen LogP) is 14.7. The Morgan fingerprint density at radius 2 is 0.928 bits per heavy atom. The number of hydrogen-bond donors (Lipinski definition) is 8. The van der Waals surface area contributed by atoms with Gasteiger partial charge in [0.05, 0.1) is 88.3 Å². The van der Waals surface area contributed by atoms with Crippen LogP contribution >= 0.6 is 0 Å². The average Bonchev–Trinajstić information content (AvgIpc) is 1.71. The molecule has 7 aliphatic heterocycles. The zero-order valence-electron chi connectivity index (χ0n) is 74.1. The molecule has 1 unspecified atom stereocenters. The molecular formula is C95H117N13O17. The molecule has 30 heteroatoms. The molecule has 1 saturated carbocycles. The van der Waals surface area contributed by atoms with Crippen molar-refractivity contribution in [1.29, 1.82) is 0 Å². The summed E-state index contributed by atoms with van der Waals surface area (Å²) in [6.45, 7) is 23.5.